The summed E-state index contributed by atoms with van der Waals surface area (Å²) in [7, 11) is 0. The Labute approximate surface area is 71.4 Å². The van der Waals surface area contributed by atoms with Crippen molar-refractivity contribution >= 4 is 0 Å². The summed E-state index contributed by atoms with van der Waals surface area (Å²) < 4.78 is 10.5. The molecular weight excluding hydrogens is 140 g/mol. The van der Waals surface area contributed by atoms with Gasteiger partial charge in [0.15, 0.2) is 0 Å². The highest BCUT2D eigenvalue weighted by Crippen LogP contribution is 1.88. The first-order chi connectivity index (χ1) is 5.41. The zero-order valence-corrected chi connectivity index (χ0v) is 7.77. The number of unbranched alkanes of at least 4 members (excludes halogenated alkanes) is 1. The topological polar surface area (TPSA) is 18.5 Å². The average Bonchev–Trinajstić information content (AvgIpc) is 2.03. The summed E-state index contributed by atoms with van der Waals surface area (Å²) >= 11 is 0. The van der Waals surface area contributed by atoms with E-state index >= 15 is 0 Å². The van der Waals surface area contributed by atoms with Gasteiger partial charge in [-0.3, -0.25) is 0 Å². The van der Waals surface area contributed by atoms with Gasteiger partial charge < -0.3 is 9.47 Å². The summed E-state index contributed by atoms with van der Waals surface area (Å²) in [4.78, 5) is 0. The van der Waals surface area contributed by atoms with E-state index in [0.717, 1.165) is 39.3 Å². The Morgan fingerprint density at radius 2 is 1.45 bits per heavy atom. The fourth-order valence-corrected chi connectivity index (χ4v) is 0.713. The maximum Gasteiger partial charge on any atom is 0.0700 e. The molecule has 0 aromatic carbocycles. The van der Waals surface area contributed by atoms with Gasteiger partial charge in [-0.05, 0) is 12.8 Å². The lowest BCUT2D eigenvalue weighted by Gasteiger charge is -2.03. The molecule has 0 fully saturated rings. The average molecular weight is 162 g/mol. The first-order valence-electron chi connectivity index (χ1n) is 4.57. The van der Waals surface area contributed by atoms with Gasteiger partial charge in [-0.25, -0.2) is 0 Å². The van der Waals surface area contributed by atoms with Crippen molar-refractivity contribution < 1.29 is 10.9 Å². The third kappa shape index (κ3) is 9.92. The van der Waals surface area contributed by atoms with Crippen molar-refractivity contribution in [1.29, 1.82) is 0 Å². The zero-order chi connectivity index (χ0) is 8.36. The van der Waals surface area contributed by atoms with Gasteiger partial charge in [0.05, 0.1) is 13.2 Å². The van der Waals surface area contributed by atoms with Crippen LogP contribution in [0.1, 0.15) is 34.5 Å². The zero-order valence-electron chi connectivity index (χ0n) is 7.77. The lowest BCUT2D eigenvalue weighted by Crippen LogP contribution is -2.05. The first-order valence-corrected chi connectivity index (χ1v) is 4.57. The summed E-state index contributed by atoms with van der Waals surface area (Å²) in [5.41, 5.74) is 0. The lowest BCUT2D eigenvalue weighted by molar-refractivity contribution is 0.0470. The molecule has 0 rings (SSSR count). The molecule has 0 unspecified atom stereocenters. The van der Waals surface area contributed by atoms with Gasteiger partial charge in [-0.1, -0.05) is 20.3 Å². The second kappa shape index (κ2) is 9.92. The van der Waals surface area contributed by atoms with Gasteiger partial charge in [0, 0.05) is 14.6 Å². The van der Waals surface area contributed by atoms with Crippen LogP contribution in [0.2, 0.25) is 0 Å². The van der Waals surface area contributed by atoms with Crippen molar-refractivity contribution in [2.45, 2.75) is 33.1 Å². The second-order valence-corrected chi connectivity index (χ2v) is 2.58. The third-order valence-electron chi connectivity index (χ3n) is 1.36. The van der Waals surface area contributed by atoms with E-state index in [0.29, 0.717) is 0 Å². The van der Waals surface area contributed by atoms with E-state index in [-0.39, 0.29) is 1.43 Å². The minimum atomic E-state index is 0. The van der Waals surface area contributed by atoms with Crippen LogP contribution >= 0.6 is 0 Å². The smallest absolute Gasteiger partial charge is 0.0700 e. The van der Waals surface area contributed by atoms with Crippen molar-refractivity contribution in [3.05, 3.63) is 0 Å². The predicted octanol–water partition coefficient (Wildman–Crippen LogP) is 2.48. The van der Waals surface area contributed by atoms with E-state index in [1.165, 1.54) is 6.42 Å². The largest absolute Gasteiger partial charge is 0.379 e. The Morgan fingerprint density at radius 3 is 2.00 bits per heavy atom. The molecule has 70 valence electrons. The molecule has 0 aliphatic heterocycles. The molecule has 11 heavy (non-hydrogen) atoms. The summed E-state index contributed by atoms with van der Waals surface area (Å²) in [6.45, 7) is 7.51. The van der Waals surface area contributed by atoms with Gasteiger partial charge in [-0.15, -0.1) is 0 Å². The molecule has 0 atom stereocenters. The Morgan fingerprint density at radius 1 is 0.818 bits per heavy atom. The van der Waals surface area contributed by atoms with Crippen molar-refractivity contribution in [3.8, 4) is 0 Å². The third-order valence-corrected chi connectivity index (χ3v) is 1.36. The first kappa shape index (κ1) is 10.9. The Hall–Kier alpha value is -0.0800. The molecule has 2 heteroatoms. The quantitative estimate of drug-likeness (QED) is 0.510. The standard InChI is InChI=1S/C9H20O2.H2/c1-3-5-7-11-9-8-10-6-4-2;/h3-9H2,1-2H3;1H. The van der Waals surface area contributed by atoms with Crippen LogP contribution < -0.4 is 0 Å². The number of rotatable bonds is 8. The summed E-state index contributed by atoms with van der Waals surface area (Å²) in [6.07, 6.45) is 3.46. The van der Waals surface area contributed by atoms with Gasteiger partial charge in [0.25, 0.3) is 0 Å². The van der Waals surface area contributed by atoms with Crippen LogP contribution in [-0.2, 0) is 9.47 Å². The van der Waals surface area contributed by atoms with Crippen molar-refractivity contribution in [1.82, 2.24) is 0 Å². The number of hydrogen-bond acceptors (Lipinski definition) is 2. The maximum atomic E-state index is 5.30. The Bertz CT molecular complexity index is 61.5. The highest BCUT2D eigenvalue weighted by atomic mass is 16.5. The maximum absolute atomic E-state index is 5.30. The highest BCUT2D eigenvalue weighted by Gasteiger charge is 1.87. The molecule has 0 aromatic heterocycles. The molecule has 0 N–H and O–H groups in total. The molecule has 0 bridgehead atoms. The van der Waals surface area contributed by atoms with Crippen LogP contribution in [0.15, 0.2) is 0 Å². The number of hydrogen-bond donors (Lipinski definition) is 0. The molecule has 0 saturated heterocycles. The van der Waals surface area contributed by atoms with E-state index in [9.17, 15) is 0 Å². The van der Waals surface area contributed by atoms with Crippen LogP contribution in [-0.4, -0.2) is 26.4 Å². The summed E-state index contributed by atoms with van der Waals surface area (Å²) in [5.74, 6) is 0. The fraction of sp³-hybridized carbons (Fsp3) is 1.00. The van der Waals surface area contributed by atoms with Crippen molar-refractivity contribution in [2.24, 2.45) is 0 Å². The monoisotopic (exact) mass is 162 g/mol. The molecule has 0 spiro atoms. The van der Waals surface area contributed by atoms with Gasteiger partial charge >= 0.3 is 0 Å². The van der Waals surface area contributed by atoms with Gasteiger partial charge in [0.2, 0.25) is 0 Å². The van der Waals surface area contributed by atoms with E-state index < -0.39 is 0 Å². The minimum Gasteiger partial charge on any atom is -0.379 e. The second-order valence-electron chi connectivity index (χ2n) is 2.58. The van der Waals surface area contributed by atoms with E-state index in [2.05, 4.69) is 13.8 Å². The van der Waals surface area contributed by atoms with Crippen LogP contribution in [0.4, 0.5) is 0 Å². The highest BCUT2D eigenvalue weighted by molar-refractivity contribution is 4.33. The van der Waals surface area contributed by atoms with E-state index in [1.807, 2.05) is 0 Å². The number of ether oxygens (including phenoxy) is 2. The normalized spacial score (nSPS) is 10.4. The Kier molecular flexibility index (Phi) is 9.85. The summed E-state index contributed by atoms with van der Waals surface area (Å²) in [5, 5.41) is 0. The van der Waals surface area contributed by atoms with Crippen LogP contribution in [0.3, 0.4) is 0 Å². The minimum absolute atomic E-state index is 0. The van der Waals surface area contributed by atoms with Gasteiger partial charge in [0.1, 0.15) is 0 Å². The van der Waals surface area contributed by atoms with Crippen LogP contribution in [0.5, 0.6) is 0 Å². The van der Waals surface area contributed by atoms with Crippen molar-refractivity contribution in [2.75, 3.05) is 26.4 Å². The molecule has 0 heterocycles. The summed E-state index contributed by atoms with van der Waals surface area (Å²) in [6, 6.07) is 0. The molecule has 0 saturated carbocycles. The molecule has 0 aliphatic carbocycles. The molecule has 0 aliphatic rings. The lowest BCUT2D eigenvalue weighted by atomic mass is 10.4. The van der Waals surface area contributed by atoms with Crippen LogP contribution in [0, 0.1) is 0 Å². The van der Waals surface area contributed by atoms with Crippen molar-refractivity contribution in [3.63, 3.8) is 0 Å². The Balaban J connectivity index is 0. The molecule has 0 aromatic rings. The predicted molar refractivity (Wildman–Crippen MR) is 49.0 cm³/mol. The van der Waals surface area contributed by atoms with Gasteiger partial charge in [-0.2, -0.15) is 0 Å². The fourth-order valence-electron chi connectivity index (χ4n) is 0.713. The van der Waals surface area contributed by atoms with E-state index in [1.54, 1.807) is 0 Å². The van der Waals surface area contributed by atoms with E-state index in [4.69, 9.17) is 9.47 Å². The molecule has 0 radical (unpaired) electrons. The SMILES string of the molecule is CCCCOCCOCCC.[HH]. The molecule has 0 amide bonds. The van der Waals surface area contributed by atoms with Crippen LogP contribution in [0.25, 0.3) is 0 Å². The molecular formula is C9H22O2. The molecule has 2 nitrogen and oxygen atoms in total.